The topological polar surface area (TPSA) is 27.7 Å². The largest absolute Gasteiger partial charge is 0.530 e. The average Bonchev–Trinajstić information content (AvgIpc) is 3.22. The monoisotopic (exact) mass is 929 g/mol. The van der Waals surface area contributed by atoms with Crippen LogP contribution in [0.4, 0.5) is 0 Å². The molecule has 0 radical (unpaired) electrons. The molecule has 0 aliphatic heterocycles. The van der Waals surface area contributed by atoms with Crippen molar-refractivity contribution in [2.75, 3.05) is 0 Å². The molecule has 0 spiro atoms. The highest BCUT2D eigenvalue weighted by Gasteiger charge is 2.38. The molecule has 0 unspecified atom stereocenters. The third-order valence-electron chi connectivity index (χ3n) is 18.6. The molecular weight excluding hydrogens is 836 g/mol. The molecule has 0 fully saturated rings. The van der Waals surface area contributed by atoms with Gasteiger partial charge in [0.1, 0.15) is 17.2 Å². The van der Waals surface area contributed by atoms with E-state index in [1.165, 1.54) is 49.4 Å². The number of hydrogen-bond donors (Lipinski definition) is 0. The second-order valence-electron chi connectivity index (χ2n) is 25.8. The molecule has 0 aromatic heterocycles. The van der Waals surface area contributed by atoms with Crippen molar-refractivity contribution in [1.82, 2.24) is 0 Å². The fourth-order valence-corrected chi connectivity index (χ4v) is 9.59. The summed E-state index contributed by atoms with van der Waals surface area (Å²) in [6, 6.07) is 27.7. The van der Waals surface area contributed by atoms with Crippen LogP contribution in [0.25, 0.3) is 21.5 Å². The van der Waals surface area contributed by atoms with Crippen LogP contribution in [0.2, 0.25) is 0 Å². The van der Waals surface area contributed by atoms with Gasteiger partial charge in [-0.2, -0.15) is 0 Å². The van der Waals surface area contributed by atoms with Crippen molar-refractivity contribution >= 4 is 30.1 Å². The van der Waals surface area contributed by atoms with E-state index in [0.29, 0.717) is 35.5 Å². The van der Waals surface area contributed by atoms with Crippen molar-refractivity contribution in [2.24, 2.45) is 35.5 Å². The van der Waals surface area contributed by atoms with Crippen LogP contribution in [0.5, 0.6) is 17.2 Å². The van der Waals surface area contributed by atoms with Gasteiger partial charge in [0.2, 0.25) is 0 Å². The molecule has 0 saturated carbocycles. The molecule has 0 amide bonds. The summed E-state index contributed by atoms with van der Waals surface area (Å²) in [6.45, 7) is 58.8. The van der Waals surface area contributed by atoms with E-state index < -0.39 is 8.60 Å². The summed E-state index contributed by atoms with van der Waals surface area (Å²) >= 11 is 0. The number of aryl methyl sites for hydroxylation is 1. The Labute approximate surface area is 412 Å². The second kappa shape index (κ2) is 19.3. The van der Waals surface area contributed by atoms with Crippen molar-refractivity contribution < 1.29 is 13.6 Å². The zero-order chi connectivity index (χ0) is 50.7. The molecule has 0 saturated heterocycles. The first-order valence-electron chi connectivity index (χ1n) is 25.8. The highest BCUT2D eigenvalue weighted by Crippen LogP contribution is 2.53. The van der Waals surface area contributed by atoms with Crippen LogP contribution in [0.15, 0.2) is 72.8 Å². The first kappa shape index (κ1) is 54.4. The van der Waals surface area contributed by atoms with E-state index in [2.05, 4.69) is 234 Å². The molecule has 0 aliphatic rings. The average molecular weight is 929 g/mol. The van der Waals surface area contributed by atoms with Gasteiger partial charge in [0.05, 0.1) is 0 Å². The highest BCUT2D eigenvalue weighted by molar-refractivity contribution is 7.43. The standard InChI is InChI=1S/C63H93O3P/c1-38(2)58(14,15)47-30-45-32-54(62(22,23)42(9)10)56(36-50(45)52(34-47)60(18,19)40(5)6)65-67(64-49-28-26-44(13)27-29-49)66-57-37-51-46(33-55(57)63(24,25)43(11)12)31-48(59(16,17)39(3)4)35-53(51)61(20,21)41(7)8/h26-43H,1-25H3. The van der Waals surface area contributed by atoms with E-state index in [0.717, 1.165) is 28.4 Å². The summed E-state index contributed by atoms with van der Waals surface area (Å²) in [5.41, 5.74) is 8.23. The van der Waals surface area contributed by atoms with Crippen molar-refractivity contribution in [1.29, 1.82) is 0 Å². The molecule has 0 atom stereocenters. The molecule has 0 aliphatic carbocycles. The lowest BCUT2D eigenvalue weighted by Crippen LogP contribution is -2.29. The van der Waals surface area contributed by atoms with Gasteiger partial charge in [-0.25, -0.2) is 0 Å². The second-order valence-corrected chi connectivity index (χ2v) is 26.8. The highest BCUT2D eigenvalue weighted by atomic mass is 31.2. The smallest absolute Gasteiger partial charge is 0.409 e. The van der Waals surface area contributed by atoms with Crippen LogP contribution < -0.4 is 13.6 Å². The van der Waals surface area contributed by atoms with Crippen LogP contribution in [0.3, 0.4) is 0 Å². The predicted molar refractivity (Wildman–Crippen MR) is 295 cm³/mol. The fraction of sp³-hybridized carbons (Fsp3) is 0.587. The van der Waals surface area contributed by atoms with Crippen molar-refractivity contribution in [3.05, 3.63) is 112 Å². The van der Waals surface area contributed by atoms with E-state index in [-0.39, 0.29) is 32.5 Å². The molecule has 5 aromatic rings. The molecule has 5 aromatic carbocycles. The van der Waals surface area contributed by atoms with Crippen molar-refractivity contribution in [3.8, 4) is 17.2 Å². The van der Waals surface area contributed by atoms with Crippen molar-refractivity contribution in [2.45, 2.75) is 206 Å². The molecule has 0 bridgehead atoms. The summed E-state index contributed by atoms with van der Waals surface area (Å²) in [4.78, 5) is 0. The lowest BCUT2D eigenvalue weighted by atomic mass is 9.68. The Balaban J connectivity index is 1.89. The molecule has 0 N–H and O–H groups in total. The lowest BCUT2D eigenvalue weighted by molar-refractivity contribution is 0.338. The minimum Gasteiger partial charge on any atom is -0.409 e. The Bertz CT molecular complexity index is 2370. The van der Waals surface area contributed by atoms with E-state index in [9.17, 15) is 0 Å². The molecule has 3 nitrogen and oxygen atoms in total. The van der Waals surface area contributed by atoms with Crippen LogP contribution in [0.1, 0.15) is 205 Å². The zero-order valence-electron chi connectivity index (χ0n) is 47.1. The summed E-state index contributed by atoms with van der Waals surface area (Å²) < 4.78 is 22.0. The minimum atomic E-state index is -2.04. The third kappa shape index (κ3) is 10.6. The van der Waals surface area contributed by atoms with Gasteiger partial charge in [0, 0.05) is 11.1 Å². The fourth-order valence-electron chi connectivity index (χ4n) is 8.56. The van der Waals surface area contributed by atoms with E-state index >= 15 is 0 Å². The van der Waals surface area contributed by atoms with Gasteiger partial charge in [-0.15, -0.1) is 0 Å². The van der Waals surface area contributed by atoms with Gasteiger partial charge < -0.3 is 13.6 Å². The number of fused-ring (bicyclic) bond motifs is 2. The third-order valence-corrected chi connectivity index (χ3v) is 19.6. The molecule has 0 heterocycles. The quantitative estimate of drug-likeness (QED) is 0.0820. The molecule has 67 heavy (non-hydrogen) atoms. The normalized spacial score (nSPS) is 13.8. The van der Waals surface area contributed by atoms with E-state index in [4.69, 9.17) is 13.6 Å². The Morgan fingerprint density at radius 1 is 0.343 bits per heavy atom. The molecule has 368 valence electrons. The van der Waals surface area contributed by atoms with Crippen LogP contribution >= 0.6 is 8.60 Å². The van der Waals surface area contributed by atoms with Crippen molar-refractivity contribution in [3.63, 3.8) is 0 Å². The summed E-state index contributed by atoms with van der Waals surface area (Å²) in [5, 5.41) is 4.95. The van der Waals surface area contributed by atoms with Gasteiger partial charge in [-0.1, -0.05) is 208 Å². The van der Waals surface area contributed by atoms with Gasteiger partial charge in [-0.3, -0.25) is 0 Å². The first-order valence-corrected chi connectivity index (χ1v) is 26.9. The van der Waals surface area contributed by atoms with E-state index in [1.807, 2.05) is 12.1 Å². The number of hydrogen-bond acceptors (Lipinski definition) is 3. The minimum absolute atomic E-state index is 0.0132. The molecular formula is C63H93O3P. The SMILES string of the molecule is Cc1ccc(OP(Oc2cc3c(C(C)(C)C(C)C)cc(C(C)(C)C(C)C)cc3cc2C(C)(C)C(C)C)Oc2cc3c(C(C)(C)C(C)C)cc(C(C)(C)C(C)C)cc3cc2C(C)(C)C(C)C)cc1. The maximum Gasteiger partial charge on any atom is 0.530 e. The Morgan fingerprint density at radius 2 is 0.642 bits per heavy atom. The van der Waals surface area contributed by atoms with E-state index in [1.54, 1.807) is 0 Å². The number of rotatable bonds is 18. The van der Waals surface area contributed by atoms with Crippen LogP contribution in [0, 0.1) is 42.4 Å². The summed E-state index contributed by atoms with van der Waals surface area (Å²) in [5.74, 6) is 4.75. The van der Waals surface area contributed by atoms with Gasteiger partial charge in [-0.05, 0) is 155 Å². The Morgan fingerprint density at radius 3 is 0.940 bits per heavy atom. The lowest BCUT2D eigenvalue weighted by Gasteiger charge is -2.37. The maximum absolute atomic E-state index is 7.48. The summed E-state index contributed by atoms with van der Waals surface area (Å²) in [6.07, 6.45) is 0. The van der Waals surface area contributed by atoms with Crippen LogP contribution in [-0.2, 0) is 32.5 Å². The number of benzene rings is 5. The molecule has 4 heteroatoms. The maximum atomic E-state index is 7.48. The Hall–Kier alpha value is -3.55. The first-order chi connectivity index (χ1) is 30.6. The zero-order valence-corrected chi connectivity index (χ0v) is 48.0. The van der Waals surface area contributed by atoms with Gasteiger partial charge in [0.25, 0.3) is 0 Å². The summed E-state index contributed by atoms with van der Waals surface area (Å²) in [7, 11) is -2.04. The Kier molecular flexibility index (Phi) is 15.7. The van der Waals surface area contributed by atoms with Gasteiger partial charge >= 0.3 is 8.60 Å². The van der Waals surface area contributed by atoms with Crippen LogP contribution in [-0.4, -0.2) is 0 Å². The predicted octanol–water partition coefficient (Wildman–Crippen LogP) is 19.7. The van der Waals surface area contributed by atoms with Gasteiger partial charge in [0.15, 0.2) is 0 Å². The molecule has 5 rings (SSSR count).